The highest BCUT2D eigenvalue weighted by Gasteiger charge is 2.22. The second kappa shape index (κ2) is 4.77. The zero-order chi connectivity index (χ0) is 10.7. The van der Waals surface area contributed by atoms with Crippen molar-refractivity contribution < 1.29 is 9.53 Å². The smallest absolute Gasteiger partial charge is 0.338 e. The molecule has 2 rings (SSSR count). The average Bonchev–Trinajstić information content (AvgIpc) is 2.78. The van der Waals surface area contributed by atoms with Gasteiger partial charge in [-0.3, -0.25) is 0 Å². The first-order valence-electron chi connectivity index (χ1n) is 5.19. The molecule has 1 aliphatic rings. The second-order valence-corrected chi connectivity index (χ2v) is 4.66. The third-order valence-corrected chi connectivity index (χ3v) is 3.89. The Morgan fingerprint density at radius 2 is 2.27 bits per heavy atom. The summed E-state index contributed by atoms with van der Waals surface area (Å²) in [6.07, 6.45) is 2.23. The van der Waals surface area contributed by atoms with E-state index in [9.17, 15) is 4.79 Å². The summed E-state index contributed by atoms with van der Waals surface area (Å²) in [7, 11) is 1.44. The number of piperidine rings is 1. The topological polar surface area (TPSA) is 38.3 Å². The van der Waals surface area contributed by atoms with Crippen LogP contribution in [0.1, 0.15) is 34.0 Å². The molecule has 3 nitrogen and oxygen atoms in total. The first kappa shape index (κ1) is 10.6. The fourth-order valence-corrected chi connectivity index (χ4v) is 3.06. The van der Waals surface area contributed by atoms with Gasteiger partial charge in [-0.2, -0.15) is 0 Å². The van der Waals surface area contributed by atoms with Gasteiger partial charge in [0.25, 0.3) is 0 Å². The van der Waals surface area contributed by atoms with Gasteiger partial charge in [0.05, 0.1) is 12.7 Å². The molecule has 1 aromatic heterocycles. The normalized spacial score (nSPS) is 17.7. The molecule has 1 aliphatic heterocycles. The summed E-state index contributed by atoms with van der Waals surface area (Å²) in [5, 5.41) is 5.30. The Labute approximate surface area is 93.4 Å². The van der Waals surface area contributed by atoms with Gasteiger partial charge in [-0.05, 0) is 43.3 Å². The molecule has 0 aliphatic carbocycles. The van der Waals surface area contributed by atoms with E-state index in [-0.39, 0.29) is 5.97 Å². The summed E-state index contributed by atoms with van der Waals surface area (Å²) in [5.41, 5.74) is 0.759. The summed E-state index contributed by atoms with van der Waals surface area (Å²) in [5.74, 6) is 0.324. The molecule has 0 spiro atoms. The highest BCUT2D eigenvalue weighted by molar-refractivity contribution is 7.10. The zero-order valence-corrected chi connectivity index (χ0v) is 9.60. The van der Waals surface area contributed by atoms with Crippen molar-refractivity contribution in [3.8, 4) is 0 Å². The van der Waals surface area contributed by atoms with E-state index in [0.717, 1.165) is 31.5 Å². The van der Waals surface area contributed by atoms with Gasteiger partial charge in [0.1, 0.15) is 0 Å². The highest BCUT2D eigenvalue weighted by Crippen LogP contribution is 2.32. The number of hydrogen-bond acceptors (Lipinski definition) is 4. The van der Waals surface area contributed by atoms with Gasteiger partial charge in [-0.25, -0.2) is 4.79 Å². The number of esters is 1. The lowest BCUT2D eigenvalue weighted by atomic mass is 9.94. The maximum Gasteiger partial charge on any atom is 0.338 e. The fourth-order valence-electron chi connectivity index (χ4n) is 2.00. The van der Waals surface area contributed by atoms with Crippen LogP contribution in [0.3, 0.4) is 0 Å². The van der Waals surface area contributed by atoms with Crippen LogP contribution in [-0.2, 0) is 4.74 Å². The molecule has 1 saturated heterocycles. The van der Waals surface area contributed by atoms with Crippen LogP contribution < -0.4 is 5.32 Å². The summed E-state index contributed by atoms with van der Waals surface area (Å²) < 4.78 is 4.78. The number of thiophene rings is 1. The molecule has 0 radical (unpaired) electrons. The molecule has 0 atom stereocenters. The Morgan fingerprint density at radius 3 is 2.93 bits per heavy atom. The molecule has 2 heterocycles. The highest BCUT2D eigenvalue weighted by atomic mass is 32.1. The minimum atomic E-state index is -0.204. The Bertz CT molecular complexity index is 342. The Morgan fingerprint density at radius 1 is 1.53 bits per heavy atom. The third-order valence-electron chi connectivity index (χ3n) is 2.81. The molecule has 1 N–H and O–H groups in total. The Hall–Kier alpha value is -0.870. The van der Waals surface area contributed by atoms with E-state index in [2.05, 4.69) is 5.32 Å². The first-order valence-corrected chi connectivity index (χ1v) is 6.07. The minimum absolute atomic E-state index is 0.204. The van der Waals surface area contributed by atoms with Crippen molar-refractivity contribution in [1.29, 1.82) is 0 Å². The van der Waals surface area contributed by atoms with Gasteiger partial charge < -0.3 is 10.1 Å². The van der Waals surface area contributed by atoms with Crippen molar-refractivity contribution in [2.45, 2.75) is 18.8 Å². The summed E-state index contributed by atoms with van der Waals surface area (Å²) >= 11 is 1.67. The number of ether oxygens (including phenoxy) is 1. The summed E-state index contributed by atoms with van der Waals surface area (Å²) in [4.78, 5) is 12.7. The molecular formula is C11H15NO2S. The SMILES string of the molecule is COC(=O)c1ccsc1C1CCNCC1. The molecule has 1 aromatic rings. The quantitative estimate of drug-likeness (QED) is 0.782. The standard InChI is InChI=1S/C11H15NO2S/c1-14-11(13)9-4-7-15-10(9)8-2-5-12-6-3-8/h4,7-8,12H,2-3,5-6H2,1H3. The van der Waals surface area contributed by atoms with Crippen molar-refractivity contribution >= 4 is 17.3 Å². The number of rotatable bonds is 2. The van der Waals surface area contributed by atoms with Crippen molar-refractivity contribution in [2.75, 3.05) is 20.2 Å². The molecule has 0 bridgehead atoms. The van der Waals surface area contributed by atoms with E-state index in [4.69, 9.17) is 4.74 Å². The van der Waals surface area contributed by atoms with Crippen molar-refractivity contribution in [3.05, 3.63) is 21.9 Å². The number of carbonyl (C=O) groups excluding carboxylic acids is 1. The zero-order valence-electron chi connectivity index (χ0n) is 8.79. The molecule has 0 saturated carbocycles. The summed E-state index contributed by atoms with van der Waals surface area (Å²) in [6.45, 7) is 2.09. The van der Waals surface area contributed by atoms with Crippen LogP contribution in [-0.4, -0.2) is 26.2 Å². The predicted molar refractivity (Wildman–Crippen MR) is 60.5 cm³/mol. The molecular weight excluding hydrogens is 210 g/mol. The molecule has 82 valence electrons. The van der Waals surface area contributed by atoms with E-state index in [1.807, 2.05) is 11.4 Å². The Balaban J connectivity index is 2.19. The average molecular weight is 225 g/mol. The molecule has 0 amide bonds. The van der Waals surface area contributed by atoms with E-state index in [1.54, 1.807) is 11.3 Å². The molecule has 1 fully saturated rings. The largest absolute Gasteiger partial charge is 0.465 e. The van der Waals surface area contributed by atoms with E-state index < -0.39 is 0 Å². The van der Waals surface area contributed by atoms with E-state index >= 15 is 0 Å². The van der Waals surface area contributed by atoms with Crippen LogP contribution in [0.15, 0.2) is 11.4 Å². The van der Waals surface area contributed by atoms with Crippen LogP contribution in [0.25, 0.3) is 0 Å². The van der Waals surface area contributed by atoms with E-state index in [0.29, 0.717) is 5.92 Å². The maximum absolute atomic E-state index is 11.5. The number of hydrogen-bond donors (Lipinski definition) is 1. The van der Waals surface area contributed by atoms with E-state index in [1.165, 1.54) is 12.0 Å². The van der Waals surface area contributed by atoms with Crippen molar-refractivity contribution in [2.24, 2.45) is 0 Å². The molecule has 0 aromatic carbocycles. The fraction of sp³-hybridized carbons (Fsp3) is 0.545. The number of methoxy groups -OCH3 is 1. The van der Waals surface area contributed by atoms with Gasteiger partial charge in [0.2, 0.25) is 0 Å². The molecule has 15 heavy (non-hydrogen) atoms. The number of nitrogens with one attached hydrogen (secondary N) is 1. The summed E-state index contributed by atoms with van der Waals surface area (Å²) in [6, 6.07) is 1.87. The van der Waals surface area contributed by atoms with Crippen LogP contribution in [0.5, 0.6) is 0 Å². The van der Waals surface area contributed by atoms with Crippen LogP contribution >= 0.6 is 11.3 Å². The van der Waals surface area contributed by atoms with Gasteiger partial charge in [0, 0.05) is 4.88 Å². The number of carbonyl (C=O) groups is 1. The van der Waals surface area contributed by atoms with Gasteiger partial charge in [-0.15, -0.1) is 11.3 Å². The Kier molecular flexibility index (Phi) is 3.38. The predicted octanol–water partition coefficient (Wildman–Crippen LogP) is 2.00. The van der Waals surface area contributed by atoms with Crippen LogP contribution in [0.4, 0.5) is 0 Å². The third kappa shape index (κ3) is 2.21. The van der Waals surface area contributed by atoms with Crippen molar-refractivity contribution in [1.82, 2.24) is 5.32 Å². The van der Waals surface area contributed by atoms with Crippen molar-refractivity contribution in [3.63, 3.8) is 0 Å². The van der Waals surface area contributed by atoms with Gasteiger partial charge in [-0.1, -0.05) is 0 Å². The maximum atomic E-state index is 11.5. The monoisotopic (exact) mass is 225 g/mol. The first-order chi connectivity index (χ1) is 7.33. The lowest BCUT2D eigenvalue weighted by molar-refractivity contribution is 0.0599. The minimum Gasteiger partial charge on any atom is -0.465 e. The molecule has 4 heteroatoms. The molecule has 0 unspecified atom stereocenters. The second-order valence-electron chi connectivity index (χ2n) is 3.71. The lowest BCUT2D eigenvalue weighted by Crippen LogP contribution is -2.26. The van der Waals surface area contributed by atoms with Crippen LogP contribution in [0, 0.1) is 0 Å². The van der Waals surface area contributed by atoms with Gasteiger partial charge in [0.15, 0.2) is 0 Å². The van der Waals surface area contributed by atoms with Gasteiger partial charge >= 0.3 is 5.97 Å². The van der Waals surface area contributed by atoms with Crippen LogP contribution in [0.2, 0.25) is 0 Å². The lowest BCUT2D eigenvalue weighted by Gasteiger charge is -2.22.